The van der Waals surface area contributed by atoms with Crippen molar-refractivity contribution in [2.75, 3.05) is 13.1 Å². The molecule has 1 saturated carbocycles. The van der Waals surface area contributed by atoms with Crippen LogP contribution in [0.3, 0.4) is 0 Å². The molecule has 0 bridgehead atoms. The summed E-state index contributed by atoms with van der Waals surface area (Å²) in [5.41, 5.74) is -0.841. The molecule has 2 aliphatic heterocycles. The minimum atomic E-state index is -0.916. The number of aliphatic carboxylic acids is 1. The first-order valence-electron chi connectivity index (χ1n) is 9.02. The molecule has 2 atom stereocenters. The highest BCUT2D eigenvalue weighted by Gasteiger charge is 2.52. The molecule has 25 heavy (non-hydrogen) atoms. The minimum absolute atomic E-state index is 0.315. The number of amides is 4. The van der Waals surface area contributed by atoms with Crippen LogP contribution in [0.25, 0.3) is 0 Å². The SMILES string of the molecule is C[C@@H]1[C@H](C(=O)O)CCCN1C(=O)CN1C(=O)NC2(CCCCC2)C1=O. The molecule has 8 heteroatoms. The lowest BCUT2D eigenvalue weighted by atomic mass is 9.82. The number of hydrogen-bond donors (Lipinski definition) is 2. The van der Waals surface area contributed by atoms with Gasteiger partial charge in [-0.25, -0.2) is 4.79 Å². The van der Waals surface area contributed by atoms with E-state index in [4.69, 9.17) is 0 Å². The molecular formula is C17H25N3O5. The van der Waals surface area contributed by atoms with Gasteiger partial charge in [-0.2, -0.15) is 0 Å². The van der Waals surface area contributed by atoms with Crippen LogP contribution >= 0.6 is 0 Å². The quantitative estimate of drug-likeness (QED) is 0.736. The molecule has 0 aromatic rings. The van der Waals surface area contributed by atoms with Crippen molar-refractivity contribution in [2.24, 2.45) is 5.92 Å². The van der Waals surface area contributed by atoms with Gasteiger partial charge in [0.25, 0.3) is 5.91 Å². The summed E-state index contributed by atoms with van der Waals surface area (Å²) in [6, 6.07) is -0.956. The number of likely N-dealkylation sites (tertiary alicyclic amines) is 1. The molecule has 1 aliphatic carbocycles. The standard InChI is InChI=1S/C17H25N3O5/c1-11-12(14(22)23)6-5-9-19(11)13(21)10-20-15(24)17(18-16(20)25)7-3-2-4-8-17/h11-12H,2-10H2,1H3,(H,18,25)(H,22,23)/t11-,12-/m1/s1. The van der Waals surface area contributed by atoms with Crippen molar-refractivity contribution in [1.82, 2.24) is 15.1 Å². The topological polar surface area (TPSA) is 107 Å². The number of carboxylic acids is 1. The summed E-state index contributed by atoms with van der Waals surface area (Å²) in [7, 11) is 0. The Morgan fingerprint density at radius 2 is 1.88 bits per heavy atom. The van der Waals surface area contributed by atoms with Crippen molar-refractivity contribution in [3.05, 3.63) is 0 Å². The second-order valence-electron chi connectivity index (χ2n) is 7.38. The molecule has 0 aromatic carbocycles. The summed E-state index contributed by atoms with van der Waals surface area (Å²) >= 11 is 0. The maximum Gasteiger partial charge on any atom is 0.325 e. The molecule has 1 spiro atoms. The molecule has 3 rings (SSSR count). The number of nitrogens with zero attached hydrogens (tertiary/aromatic N) is 2. The Morgan fingerprint density at radius 3 is 2.52 bits per heavy atom. The smallest absolute Gasteiger partial charge is 0.325 e. The van der Waals surface area contributed by atoms with Crippen molar-refractivity contribution < 1.29 is 24.3 Å². The molecule has 0 radical (unpaired) electrons. The van der Waals surface area contributed by atoms with Crippen molar-refractivity contribution in [1.29, 1.82) is 0 Å². The zero-order valence-corrected chi connectivity index (χ0v) is 14.5. The van der Waals surface area contributed by atoms with Crippen molar-refractivity contribution in [3.63, 3.8) is 0 Å². The predicted octanol–water partition coefficient (Wildman–Crippen LogP) is 0.953. The highest BCUT2D eigenvalue weighted by molar-refractivity contribution is 6.09. The second-order valence-corrected chi connectivity index (χ2v) is 7.38. The van der Waals surface area contributed by atoms with Gasteiger partial charge >= 0.3 is 12.0 Å². The Hall–Kier alpha value is -2.12. The van der Waals surface area contributed by atoms with Crippen LogP contribution in [0, 0.1) is 5.92 Å². The lowest BCUT2D eigenvalue weighted by Gasteiger charge is -2.38. The maximum absolute atomic E-state index is 12.7. The van der Waals surface area contributed by atoms with Crippen molar-refractivity contribution in [2.45, 2.75) is 63.5 Å². The first-order chi connectivity index (χ1) is 11.9. The van der Waals surface area contributed by atoms with Crippen LogP contribution in [0.2, 0.25) is 0 Å². The minimum Gasteiger partial charge on any atom is -0.481 e. The number of imide groups is 1. The molecule has 0 unspecified atom stereocenters. The molecule has 0 aromatic heterocycles. The normalized spacial score (nSPS) is 29.0. The molecule has 2 saturated heterocycles. The number of urea groups is 1. The number of piperidine rings is 1. The van der Waals surface area contributed by atoms with Crippen LogP contribution < -0.4 is 5.32 Å². The first-order valence-corrected chi connectivity index (χ1v) is 9.02. The summed E-state index contributed by atoms with van der Waals surface area (Å²) < 4.78 is 0. The van der Waals surface area contributed by atoms with E-state index in [0.29, 0.717) is 32.2 Å². The number of rotatable bonds is 3. The summed E-state index contributed by atoms with van der Waals surface area (Å²) in [4.78, 5) is 51.5. The third kappa shape index (κ3) is 3.09. The van der Waals surface area contributed by atoms with Gasteiger partial charge in [0, 0.05) is 12.6 Å². The number of nitrogens with one attached hydrogen (secondary N) is 1. The van der Waals surface area contributed by atoms with Crippen LogP contribution in [0.15, 0.2) is 0 Å². The number of carbonyl (C=O) groups is 4. The highest BCUT2D eigenvalue weighted by Crippen LogP contribution is 2.34. The Labute approximate surface area is 146 Å². The van der Waals surface area contributed by atoms with E-state index in [1.807, 2.05) is 0 Å². The lowest BCUT2D eigenvalue weighted by Crippen LogP contribution is -2.53. The zero-order valence-electron chi connectivity index (χ0n) is 14.5. The van der Waals surface area contributed by atoms with Gasteiger partial charge in [-0.1, -0.05) is 19.3 Å². The van der Waals surface area contributed by atoms with E-state index < -0.39 is 29.5 Å². The third-order valence-corrected chi connectivity index (χ3v) is 5.87. The molecule has 2 N–H and O–H groups in total. The van der Waals surface area contributed by atoms with E-state index in [9.17, 15) is 24.3 Å². The third-order valence-electron chi connectivity index (χ3n) is 5.87. The summed E-state index contributed by atoms with van der Waals surface area (Å²) in [6.45, 7) is 1.85. The largest absolute Gasteiger partial charge is 0.481 e. The van der Waals surface area contributed by atoms with E-state index in [1.165, 1.54) is 4.90 Å². The summed E-state index contributed by atoms with van der Waals surface area (Å²) in [5, 5.41) is 12.1. The second kappa shape index (κ2) is 6.65. The molecule has 3 aliphatic rings. The fourth-order valence-corrected chi connectivity index (χ4v) is 4.37. The Bertz CT molecular complexity index is 599. The van der Waals surface area contributed by atoms with Gasteiger partial charge in [0.2, 0.25) is 5.91 Å². The lowest BCUT2D eigenvalue weighted by molar-refractivity contribution is -0.150. The Kier molecular flexibility index (Phi) is 4.71. The summed E-state index contributed by atoms with van der Waals surface area (Å²) in [5.74, 6) is -2.20. The fourth-order valence-electron chi connectivity index (χ4n) is 4.37. The molecule has 138 valence electrons. The van der Waals surface area contributed by atoms with Crippen LogP contribution in [-0.4, -0.2) is 63.4 Å². The van der Waals surface area contributed by atoms with E-state index in [1.54, 1.807) is 6.92 Å². The van der Waals surface area contributed by atoms with Gasteiger partial charge in [-0.15, -0.1) is 0 Å². The predicted molar refractivity (Wildman–Crippen MR) is 87.6 cm³/mol. The number of carbonyl (C=O) groups excluding carboxylic acids is 3. The van der Waals surface area contributed by atoms with Crippen molar-refractivity contribution >= 4 is 23.8 Å². The average Bonchev–Trinajstić information content (AvgIpc) is 2.79. The highest BCUT2D eigenvalue weighted by atomic mass is 16.4. The van der Waals surface area contributed by atoms with Gasteiger partial charge in [0.05, 0.1) is 5.92 Å². The monoisotopic (exact) mass is 351 g/mol. The van der Waals surface area contributed by atoms with E-state index in [-0.39, 0.29) is 18.4 Å². The van der Waals surface area contributed by atoms with Gasteiger partial charge in [-0.3, -0.25) is 19.3 Å². The Balaban J connectivity index is 1.69. The number of carboxylic acid groups (broad SMARTS) is 1. The van der Waals surface area contributed by atoms with E-state index in [0.717, 1.165) is 24.2 Å². The van der Waals surface area contributed by atoms with Crippen LogP contribution in [-0.2, 0) is 14.4 Å². The van der Waals surface area contributed by atoms with Gasteiger partial charge in [0.15, 0.2) is 0 Å². The van der Waals surface area contributed by atoms with Gasteiger partial charge < -0.3 is 15.3 Å². The first kappa shape index (κ1) is 17.7. The molecule has 4 amide bonds. The maximum atomic E-state index is 12.7. The molecule has 3 fully saturated rings. The fraction of sp³-hybridized carbons (Fsp3) is 0.765. The van der Waals surface area contributed by atoms with Gasteiger partial charge in [0.1, 0.15) is 12.1 Å². The van der Waals surface area contributed by atoms with Gasteiger partial charge in [-0.05, 0) is 32.6 Å². The van der Waals surface area contributed by atoms with Crippen LogP contribution in [0.4, 0.5) is 4.79 Å². The van der Waals surface area contributed by atoms with Crippen LogP contribution in [0.1, 0.15) is 51.9 Å². The summed E-state index contributed by atoms with van der Waals surface area (Å²) in [6.07, 6.45) is 5.19. The number of hydrogen-bond acceptors (Lipinski definition) is 4. The molecule has 8 nitrogen and oxygen atoms in total. The molecular weight excluding hydrogens is 326 g/mol. The van der Waals surface area contributed by atoms with Crippen LogP contribution in [0.5, 0.6) is 0 Å². The van der Waals surface area contributed by atoms with Crippen molar-refractivity contribution in [3.8, 4) is 0 Å². The average molecular weight is 351 g/mol. The van der Waals surface area contributed by atoms with E-state index >= 15 is 0 Å². The zero-order chi connectivity index (χ0) is 18.2. The Morgan fingerprint density at radius 1 is 1.20 bits per heavy atom. The molecule has 2 heterocycles. The van der Waals surface area contributed by atoms with E-state index in [2.05, 4.69) is 5.32 Å².